The van der Waals surface area contributed by atoms with Crippen LogP contribution in [0.15, 0.2) is 54.7 Å². The Balaban J connectivity index is 1.50. The van der Waals surface area contributed by atoms with Crippen LogP contribution in [0.3, 0.4) is 0 Å². The van der Waals surface area contributed by atoms with Crippen molar-refractivity contribution in [2.45, 2.75) is 32.3 Å². The van der Waals surface area contributed by atoms with Crippen molar-refractivity contribution in [2.75, 3.05) is 13.1 Å². The van der Waals surface area contributed by atoms with Crippen LogP contribution in [0.4, 0.5) is 0 Å². The maximum Gasteiger partial charge on any atom is 0.405 e. The zero-order chi connectivity index (χ0) is 19.2. The van der Waals surface area contributed by atoms with Crippen LogP contribution in [0.1, 0.15) is 35.8 Å². The molecule has 1 aliphatic rings. The molecule has 0 radical (unpaired) electrons. The van der Waals surface area contributed by atoms with E-state index in [-0.39, 0.29) is 11.6 Å². The number of hydrogen-bond donors (Lipinski definition) is 0. The zero-order valence-corrected chi connectivity index (χ0v) is 15.4. The van der Waals surface area contributed by atoms with Crippen molar-refractivity contribution in [3.05, 3.63) is 71.2 Å². The van der Waals surface area contributed by atoms with Gasteiger partial charge in [0.05, 0.1) is 0 Å². The number of rotatable bonds is 5. The summed E-state index contributed by atoms with van der Waals surface area (Å²) < 4.78 is 5.64. The van der Waals surface area contributed by atoms with Gasteiger partial charge in [0.2, 0.25) is 0 Å². The Morgan fingerprint density at radius 2 is 1.81 bits per heavy atom. The Hall–Kier alpha value is -2.89. The summed E-state index contributed by atoms with van der Waals surface area (Å²) in [5, 5.41) is 11.6. The Morgan fingerprint density at radius 3 is 2.48 bits per heavy atom. The molecule has 0 spiro atoms. The lowest BCUT2D eigenvalue weighted by Crippen LogP contribution is -2.45. The molecular formula is C21H24N2O4. The second kappa shape index (κ2) is 8.66. The number of hydrogen-bond acceptors (Lipinski definition) is 4. The highest BCUT2D eigenvalue weighted by Crippen LogP contribution is 2.22. The molecule has 2 aromatic rings. The smallest absolute Gasteiger partial charge is 0.405 e. The van der Waals surface area contributed by atoms with E-state index in [1.165, 1.54) is 23.9 Å². The second-order valence-corrected chi connectivity index (χ2v) is 6.92. The number of pyridine rings is 1. The van der Waals surface area contributed by atoms with Crippen LogP contribution >= 0.6 is 0 Å². The monoisotopic (exact) mass is 368 g/mol. The van der Waals surface area contributed by atoms with Crippen molar-refractivity contribution in [3.8, 4) is 0 Å². The minimum atomic E-state index is -0.914. The number of nitrogens with zero attached hydrogens (tertiary/aromatic N) is 2. The highest BCUT2D eigenvalue weighted by molar-refractivity contribution is 5.89. The lowest BCUT2D eigenvalue weighted by Gasteiger charge is -2.33. The average Bonchev–Trinajstić information content (AvgIpc) is 2.69. The summed E-state index contributed by atoms with van der Waals surface area (Å²) >= 11 is 0. The van der Waals surface area contributed by atoms with Gasteiger partial charge in [0.25, 0.3) is 5.91 Å². The van der Waals surface area contributed by atoms with Gasteiger partial charge < -0.3 is 14.8 Å². The lowest BCUT2D eigenvalue weighted by atomic mass is 9.90. The van der Waals surface area contributed by atoms with Crippen LogP contribution in [-0.2, 0) is 16.0 Å². The number of esters is 1. The topological polar surface area (TPSA) is 73.5 Å². The van der Waals surface area contributed by atoms with E-state index in [1.807, 2.05) is 18.2 Å². The van der Waals surface area contributed by atoms with Crippen molar-refractivity contribution in [1.29, 1.82) is 0 Å². The molecule has 2 heterocycles. The number of carbonyl (C=O) groups is 2. The molecule has 0 saturated carbocycles. The first-order valence-electron chi connectivity index (χ1n) is 9.26. The molecule has 0 bridgehead atoms. The summed E-state index contributed by atoms with van der Waals surface area (Å²) in [5.41, 5.74) is 1.19. The standard InChI is InChI=1S/C21H24N2O4/c1-16(27-21(25)19-9-5-6-12-23(19)26)20(24)22-13-10-18(11-14-22)15-17-7-3-2-4-8-17/h2-9,12,16,18H,10-11,13-15H2,1H3/t16-/m0/s1. The molecule has 0 N–H and O–H groups in total. The van der Waals surface area contributed by atoms with Crippen molar-refractivity contribution in [3.63, 3.8) is 0 Å². The van der Waals surface area contributed by atoms with Gasteiger partial charge in [-0.2, -0.15) is 4.73 Å². The molecule has 1 saturated heterocycles. The van der Waals surface area contributed by atoms with E-state index >= 15 is 0 Å². The van der Waals surface area contributed by atoms with E-state index in [0.717, 1.165) is 19.3 Å². The number of piperidine rings is 1. The van der Waals surface area contributed by atoms with E-state index in [1.54, 1.807) is 17.9 Å². The normalized spacial score (nSPS) is 16.0. The van der Waals surface area contributed by atoms with Gasteiger partial charge in [-0.15, -0.1) is 0 Å². The van der Waals surface area contributed by atoms with Crippen LogP contribution in [0.5, 0.6) is 0 Å². The second-order valence-electron chi connectivity index (χ2n) is 6.92. The minimum Gasteiger partial charge on any atom is -0.618 e. The van der Waals surface area contributed by atoms with Crippen molar-refractivity contribution < 1.29 is 19.1 Å². The third-order valence-electron chi connectivity index (χ3n) is 4.96. The fourth-order valence-corrected chi connectivity index (χ4v) is 3.42. The molecule has 3 rings (SSSR count). The predicted octanol–water partition coefficient (Wildman–Crippen LogP) is 2.35. The summed E-state index contributed by atoms with van der Waals surface area (Å²) in [7, 11) is 0. The van der Waals surface area contributed by atoms with Crippen molar-refractivity contribution in [2.24, 2.45) is 5.92 Å². The molecule has 27 heavy (non-hydrogen) atoms. The Kier molecular flexibility index (Phi) is 6.06. The Labute approximate surface area is 159 Å². The lowest BCUT2D eigenvalue weighted by molar-refractivity contribution is -0.608. The minimum absolute atomic E-state index is 0.126. The molecule has 1 aromatic heterocycles. The first kappa shape index (κ1) is 18.9. The summed E-state index contributed by atoms with van der Waals surface area (Å²) in [5.74, 6) is -0.446. The molecule has 1 aliphatic heterocycles. The molecule has 0 unspecified atom stereocenters. The van der Waals surface area contributed by atoms with Crippen LogP contribution in [-0.4, -0.2) is 36.0 Å². The fraction of sp³-hybridized carbons (Fsp3) is 0.381. The van der Waals surface area contributed by atoms with E-state index in [9.17, 15) is 14.8 Å². The molecule has 1 atom stereocenters. The summed E-state index contributed by atoms with van der Waals surface area (Å²) in [6, 6.07) is 14.8. The van der Waals surface area contributed by atoms with E-state index in [0.29, 0.717) is 23.7 Å². The number of ether oxygens (including phenoxy) is 1. The van der Waals surface area contributed by atoms with Crippen molar-refractivity contribution >= 4 is 11.9 Å². The van der Waals surface area contributed by atoms with Gasteiger partial charge in [0.15, 0.2) is 12.3 Å². The van der Waals surface area contributed by atoms with Gasteiger partial charge in [-0.25, -0.2) is 4.79 Å². The molecule has 1 fully saturated rings. The van der Waals surface area contributed by atoms with E-state index < -0.39 is 12.1 Å². The van der Waals surface area contributed by atoms with Gasteiger partial charge in [-0.05, 0) is 43.7 Å². The number of benzene rings is 1. The maximum absolute atomic E-state index is 12.6. The zero-order valence-electron chi connectivity index (χ0n) is 15.4. The Morgan fingerprint density at radius 1 is 1.15 bits per heavy atom. The van der Waals surface area contributed by atoms with Gasteiger partial charge in [0.1, 0.15) is 0 Å². The van der Waals surface area contributed by atoms with Gasteiger partial charge in [-0.3, -0.25) is 4.79 Å². The molecule has 6 heteroatoms. The fourth-order valence-electron chi connectivity index (χ4n) is 3.42. The van der Waals surface area contributed by atoms with Gasteiger partial charge >= 0.3 is 11.7 Å². The third-order valence-corrected chi connectivity index (χ3v) is 4.96. The van der Waals surface area contributed by atoms with E-state index in [2.05, 4.69) is 12.1 Å². The van der Waals surface area contributed by atoms with Crippen LogP contribution in [0, 0.1) is 11.1 Å². The van der Waals surface area contributed by atoms with Gasteiger partial charge in [0, 0.05) is 25.2 Å². The summed E-state index contributed by atoms with van der Waals surface area (Å²) in [6.07, 6.45) is 3.19. The third kappa shape index (κ3) is 4.84. The van der Waals surface area contributed by atoms with E-state index in [4.69, 9.17) is 4.74 Å². The quantitative estimate of drug-likeness (QED) is 0.461. The number of aromatic nitrogens is 1. The maximum atomic E-state index is 12.6. The average molecular weight is 368 g/mol. The summed E-state index contributed by atoms with van der Waals surface area (Å²) in [6.45, 7) is 2.87. The van der Waals surface area contributed by atoms with Crippen LogP contribution < -0.4 is 4.73 Å². The molecule has 1 aromatic carbocycles. The molecule has 142 valence electrons. The molecule has 6 nitrogen and oxygen atoms in total. The number of amides is 1. The largest absolute Gasteiger partial charge is 0.618 e. The van der Waals surface area contributed by atoms with Crippen molar-refractivity contribution in [1.82, 2.24) is 4.90 Å². The molecule has 1 amide bonds. The first-order valence-corrected chi connectivity index (χ1v) is 9.26. The molecular weight excluding hydrogens is 344 g/mol. The predicted molar refractivity (Wildman–Crippen MR) is 99.7 cm³/mol. The SMILES string of the molecule is C[C@H](OC(=O)c1cccc[n+]1[O-])C(=O)N1CCC(Cc2ccccc2)CC1. The highest BCUT2D eigenvalue weighted by atomic mass is 16.6. The highest BCUT2D eigenvalue weighted by Gasteiger charge is 2.29. The van der Waals surface area contributed by atoms with Crippen LogP contribution in [0.25, 0.3) is 0 Å². The number of likely N-dealkylation sites (tertiary alicyclic amines) is 1. The van der Waals surface area contributed by atoms with Gasteiger partial charge in [-0.1, -0.05) is 30.3 Å². The first-order chi connectivity index (χ1) is 13.0. The Bertz CT molecular complexity index is 786. The summed E-state index contributed by atoms with van der Waals surface area (Å²) in [4.78, 5) is 26.4. The number of carbonyl (C=O) groups excluding carboxylic acids is 2. The van der Waals surface area contributed by atoms with Crippen LogP contribution in [0.2, 0.25) is 0 Å². The molecule has 0 aliphatic carbocycles.